The molecule has 12 N–H and O–H groups in total. The molecule has 0 aromatic carbocycles. The minimum Gasteiger partial charge on any atom is -0.432 e. The Bertz CT molecular complexity index is 2060. The maximum absolute atomic E-state index is 15.1. The maximum atomic E-state index is 15.1. The fraction of sp³-hybridized carbons (Fsp3) is 0.944. The van der Waals surface area contributed by atoms with E-state index in [4.69, 9.17) is 33.2 Å². The predicted molar refractivity (Wildman–Crippen MR) is 259 cm³/mol. The number of ether oxygens (including phenoxy) is 7. The van der Waals surface area contributed by atoms with Crippen LogP contribution in [0.5, 0.6) is 0 Å². The van der Waals surface area contributed by atoms with Crippen molar-refractivity contribution < 1.29 is 99.2 Å². The Morgan fingerprint density at radius 1 is 0.608 bits per heavy atom. The molecule has 74 heavy (non-hydrogen) atoms. The molecule has 5 aliphatic carbocycles. The van der Waals surface area contributed by atoms with Crippen molar-refractivity contribution >= 4 is 5.97 Å². The van der Waals surface area contributed by atoms with E-state index in [1.54, 1.807) is 6.92 Å². The predicted octanol–water partition coefficient (Wildman–Crippen LogP) is 0.293. The van der Waals surface area contributed by atoms with Crippen molar-refractivity contribution in [3.63, 3.8) is 0 Å². The summed E-state index contributed by atoms with van der Waals surface area (Å²) < 4.78 is 41.2. The molecular formula is C54H88O20. The highest BCUT2D eigenvalue weighted by molar-refractivity contribution is 5.79. The van der Waals surface area contributed by atoms with Crippen LogP contribution in [-0.4, -0.2) is 203 Å². The van der Waals surface area contributed by atoms with Crippen LogP contribution in [0.3, 0.4) is 0 Å². The van der Waals surface area contributed by atoms with Gasteiger partial charge in [-0.3, -0.25) is 4.79 Å². The monoisotopic (exact) mass is 1060 g/mol. The number of aliphatic hydroxyl groups is 12. The van der Waals surface area contributed by atoms with Gasteiger partial charge in [0.05, 0.1) is 36.9 Å². The summed E-state index contributed by atoms with van der Waals surface area (Å²) >= 11 is 0. The molecule has 28 atom stereocenters. The number of aliphatic hydroxyl groups excluding tert-OH is 12. The zero-order valence-electron chi connectivity index (χ0n) is 44.6. The van der Waals surface area contributed by atoms with Crippen molar-refractivity contribution in [2.75, 3.05) is 13.2 Å². The van der Waals surface area contributed by atoms with Crippen LogP contribution in [0.4, 0.5) is 0 Å². The molecule has 4 aliphatic heterocycles. The molecule has 4 heterocycles. The van der Waals surface area contributed by atoms with Crippen LogP contribution < -0.4 is 0 Å². The summed E-state index contributed by atoms with van der Waals surface area (Å²) in [6.45, 7) is 18.2. The summed E-state index contributed by atoms with van der Waals surface area (Å²) in [5.74, 6) is -0.186. The van der Waals surface area contributed by atoms with E-state index in [1.165, 1.54) is 12.5 Å². The lowest BCUT2D eigenvalue weighted by Crippen LogP contribution is -2.67. The van der Waals surface area contributed by atoms with Crippen molar-refractivity contribution in [3.8, 4) is 0 Å². The first-order chi connectivity index (χ1) is 34.5. The van der Waals surface area contributed by atoms with E-state index in [1.807, 2.05) is 0 Å². The van der Waals surface area contributed by atoms with Gasteiger partial charge in [-0.15, -0.1) is 0 Å². The van der Waals surface area contributed by atoms with Gasteiger partial charge in [-0.25, -0.2) is 0 Å². The van der Waals surface area contributed by atoms with Crippen LogP contribution in [0.25, 0.3) is 0 Å². The molecule has 20 heteroatoms. The average molecular weight is 1060 g/mol. The zero-order valence-corrected chi connectivity index (χ0v) is 44.6. The van der Waals surface area contributed by atoms with Crippen LogP contribution in [0.15, 0.2) is 11.6 Å². The molecule has 0 spiro atoms. The van der Waals surface area contributed by atoms with E-state index in [9.17, 15) is 61.3 Å². The molecule has 0 aromatic heterocycles. The fourth-order valence-electron chi connectivity index (χ4n) is 16.9. The fourth-order valence-corrected chi connectivity index (χ4v) is 16.9. The van der Waals surface area contributed by atoms with Gasteiger partial charge in [0.2, 0.25) is 6.29 Å². The number of fused-ring (bicyclic) bond motifs is 7. The first-order valence-electron chi connectivity index (χ1n) is 27.4. The van der Waals surface area contributed by atoms with E-state index in [0.717, 1.165) is 44.9 Å². The second-order valence-electron chi connectivity index (χ2n) is 26.4. The van der Waals surface area contributed by atoms with Gasteiger partial charge in [-0.2, -0.15) is 0 Å². The molecule has 424 valence electrons. The highest BCUT2D eigenvalue weighted by atomic mass is 16.8. The van der Waals surface area contributed by atoms with Crippen molar-refractivity contribution in [2.45, 2.75) is 249 Å². The summed E-state index contributed by atoms with van der Waals surface area (Å²) in [5.41, 5.74) is -0.552. The summed E-state index contributed by atoms with van der Waals surface area (Å²) in [7, 11) is 0. The topological polar surface area (TPSA) is 324 Å². The van der Waals surface area contributed by atoms with Crippen LogP contribution in [0.1, 0.15) is 127 Å². The highest BCUT2D eigenvalue weighted by Gasteiger charge is 2.70. The lowest BCUT2D eigenvalue weighted by molar-refractivity contribution is -0.361. The van der Waals surface area contributed by atoms with Crippen LogP contribution in [0, 0.1) is 56.2 Å². The number of allylic oxidation sites excluding steroid dienone is 2. The third-order valence-electron chi connectivity index (χ3n) is 21.7. The smallest absolute Gasteiger partial charge is 0.315 e. The lowest BCUT2D eigenvalue weighted by atomic mass is 9.33. The van der Waals surface area contributed by atoms with Crippen molar-refractivity contribution in [1.29, 1.82) is 0 Å². The van der Waals surface area contributed by atoms with E-state index < -0.39 is 147 Å². The molecule has 0 bridgehead atoms. The average Bonchev–Trinajstić information content (AvgIpc) is 3.34. The SMILES string of the molecule is C[C@@H]1O[C@@H](O[C@H]2[C@H](O)[C@@H](O)[C@H](OC[C@H]3O[C@@H](OC(=O)[C@]45CCC(C)(C)C[C@H]4C4=CC[C@@H]6[C@@]7(C)CC[C@H]([C@@H]8O[C@@H](C)[C@H](O)[C@@H](O)[C@H]8O)C(C)(C)[C@@H]7CC[C@@]6(C)[C@]4(C)CC5)[C@H](O)[C@@H](O)[C@@H]3O)O[C@@H]2CO)[C@H](O)[C@H](O)[C@H]1O. The highest BCUT2D eigenvalue weighted by Crippen LogP contribution is 2.76. The summed E-state index contributed by atoms with van der Waals surface area (Å²) in [6.07, 6.45) is -19.0. The Morgan fingerprint density at radius 3 is 1.88 bits per heavy atom. The Labute approximate surface area is 434 Å². The summed E-state index contributed by atoms with van der Waals surface area (Å²) in [4.78, 5) is 15.1. The standard InChI is InChI=1S/C54H88O20/c1-23-32(56)35(59)38(62)43(69-23)26-12-14-51(7)30(50(26,5)6)13-15-53(9)31(51)11-10-25-27-20-49(3,4)16-18-54(27,19-17-52(25,53)8)48(67)74-47-41(65)37(61)34(58)29(72-47)22-68-45-42(66)39(63)44(28(21-55)71-45)73-46-40(64)36(60)33(57)24(2)70-46/h10,23-24,26-47,55-66H,11-22H2,1-9H3/t23-,24-,26+,27-,28+,29+,30-,31+,32-,33-,34+,35+,36+,37-,38+,39+,40+,41+,42+,43-,44+,45+,46-,47-,51-,52+,53+,54-/m0/s1. The maximum Gasteiger partial charge on any atom is 0.315 e. The number of hydrogen-bond donors (Lipinski definition) is 12. The van der Waals surface area contributed by atoms with Gasteiger partial charge in [0.1, 0.15) is 85.5 Å². The van der Waals surface area contributed by atoms with Gasteiger partial charge in [0.25, 0.3) is 0 Å². The third-order valence-corrected chi connectivity index (χ3v) is 21.7. The van der Waals surface area contributed by atoms with Crippen molar-refractivity contribution in [1.82, 2.24) is 0 Å². The Kier molecular flexibility index (Phi) is 15.6. The molecule has 0 aromatic rings. The molecule has 0 unspecified atom stereocenters. The summed E-state index contributed by atoms with van der Waals surface area (Å²) in [5, 5.41) is 130. The van der Waals surface area contributed by atoms with Crippen molar-refractivity contribution in [3.05, 3.63) is 11.6 Å². The van der Waals surface area contributed by atoms with E-state index in [-0.39, 0.29) is 38.9 Å². The van der Waals surface area contributed by atoms with Gasteiger partial charge in [0, 0.05) is 0 Å². The molecule has 9 rings (SSSR count). The molecule has 4 saturated carbocycles. The van der Waals surface area contributed by atoms with Crippen LogP contribution >= 0.6 is 0 Å². The van der Waals surface area contributed by atoms with Gasteiger partial charge < -0.3 is 94.4 Å². The second kappa shape index (κ2) is 20.2. The van der Waals surface area contributed by atoms with Gasteiger partial charge in [0.15, 0.2) is 12.6 Å². The Morgan fingerprint density at radius 2 is 1.20 bits per heavy atom. The minimum atomic E-state index is -1.86. The van der Waals surface area contributed by atoms with E-state index >= 15 is 4.79 Å². The number of hydrogen-bond acceptors (Lipinski definition) is 20. The first kappa shape index (κ1) is 57.2. The van der Waals surface area contributed by atoms with Crippen molar-refractivity contribution in [2.24, 2.45) is 56.2 Å². The number of esters is 1. The third kappa shape index (κ3) is 9.00. The summed E-state index contributed by atoms with van der Waals surface area (Å²) in [6, 6.07) is 0. The molecule has 8 fully saturated rings. The Balaban J connectivity index is 0.901. The van der Waals surface area contributed by atoms with Gasteiger partial charge in [-0.1, -0.05) is 60.1 Å². The minimum absolute atomic E-state index is 0.0279. The molecule has 4 saturated heterocycles. The first-order valence-corrected chi connectivity index (χ1v) is 27.4. The molecular weight excluding hydrogens is 969 g/mol. The zero-order chi connectivity index (χ0) is 54.2. The number of carbonyl (C=O) groups excluding carboxylic acids is 1. The molecule has 9 aliphatic rings. The molecule has 0 radical (unpaired) electrons. The number of rotatable bonds is 9. The quantitative estimate of drug-likeness (QED) is 0.109. The van der Waals surface area contributed by atoms with Gasteiger partial charge in [-0.05, 0) is 129 Å². The number of carbonyl (C=O) groups is 1. The Hall–Kier alpha value is -1.51. The molecule has 20 nitrogen and oxygen atoms in total. The molecule has 0 amide bonds. The van der Waals surface area contributed by atoms with E-state index in [2.05, 4.69) is 54.5 Å². The largest absolute Gasteiger partial charge is 0.432 e. The van der Waals surface area contributed by atoms with Crippen LogP contribution in [0.2, 0.25) is 0 Å². The lowest BCUT2D eigenvalue weighted by Gasteiger charge is -2.72. The second-order valence-corrected chi connectivity index (χ2v) is 26.4. The van der Waals surface area contributed by atoms with Crippen LogP contribution in [-0.2, 0) is 38.0 Å². The normalized spacial score (nSPS) is 55.1. The van der Waals surface area contributed by atoms with Gasteiger partial charge >= 0.3 is 5.97 Å². The van der Waals surface area contributed by atoms with E-state index in [0.29, 0.717) is 31.1 Å².